The number of benzene rings is 1. The van der Waals surface area contributed by atoms with Gasteiger partial charge in [0.2, 0.25) is 0 Å². The molecule has 0 spiro atoms. The van der Waals surface area contributed by atoms with Gasteiger partial charge in [-0.05, 0) is 86.3 Å². The Bertz CT molecular complexity index is 774. The van der Waals surface area contributed by atoms with Crippen LogP contribution in [0.15, 0.2) is 40.7 Å². The van der Waals surface area contributed by atoms with E-state index in [0.717, 1.165) is 18.8 Å². The second-order valence-corrected chi connectivity index (χ2v) is 8.51. The summed E-state index contributed by atoms with van der Waals surface area (Å²) in [5.74, 6) is 1.05. The van der Waals surface area contributed by atoms with Gasteiger partial charge in [-0.15, -0.1) is 35.3 Å². The summed E-state index contributed by atoms with van der Waals surface area (Å²) in [6.45, 7) is 1.93. The number of piperidine rings is 1. The molecule has 3 N–H and O–H groups in total. The fourth-order valence-electron chi connectivity index (χ4n) is 4.41. The fourth-order valence-corrected chi connectivity index (χ4v) is 5.40. The lowest BCUT2D eigenvalue weighted by molar-refractivity contribution is 0.128. The van der Waals surface area contributed by atoms with Crippen molar-refractivity contribution in [3.05, 3.63) is 51.7 Å². The van der Waals surface area contributed by atoms with Gasteiger partial charge in [0.25, 0.3) is 0 Å². The number of nitrogens with zero attached hydrogens (tertiary/aromatic N) is 2. The molecule has 1 aliphatic carbocycles. The van der Waals surface area contributed by atoms with Crippen molar-refractivity contribution in [2.45, 2.75) is 38.1 Å². The SMILES string of the molecule is CN1CCCC(CN=C(N)Nc2ccc3c(c2)CCC3)C1c1cccs1.I. The Kier molecular flexibility index (Phi) is 7.16. The molecule has 146 valence electrons. The number of likely N-dealkylation sites (tertiary alicyclic amines) is 1. The standard InChI is InChI=1S/C21H28N4S.HI/c1-25-11-3-7-17(20(25)19-8-4-12-26-19)14-23-21(22)24-18-10-9-15-5-2-6-16(15)13-18;/h4,8-10,12-13,17,20H,2-3,5-7,11,14H2,1H3,(H3,22,23,24);1H. The van der Waals surface area contributed by atoms with Gasteiger partial charge in [-0.3, -0.25) is 9.89 Å². The van der Waals surface area contributed by atoms with E-state index in [4.69, 9.17) is 10.7 Å². The molecule has 0 radical (unpaired) electrons. The number of hydrogen-bond acceptors (Lipinski definition) is 3. The van der Waals surface area contributed by atoms with Crippen molar-refractivity contribution < 1.29 is 0 Å². The molecule has 1 aliphatic heterocycles. The molecule has 4 rings (SSSR count). The van der Waals surface area contributed by atoms with E-state index in [-0.39, 0.29) is 24.0 Å². The number of guanidine groups is 1. The number of rotatable bonds is 4. The number of fused-ring (bicyclic) bond motifs is 1. The Balaban J connectivity index is 0.00000210. The third kappa shape index (κ3) is 4.84. The second kappa shape index (κ2) is 9.39. The molecule has 1 aromatic heterocycles. The third-order valence-electron chi connectivity index (χ3n) is 5.71. The first kappa shape index (κ1) is 20.6. The first-order valence-corrected chi connectivity index (χ1v) is 10.5. The van der Waals surface area contributed by atoms with Crippen molar-refractivity contribution in [2.75, 3.05) is 25.5 Å². The van der Waals surface area contributed by atoms with Crippen LogP contribution in [0.25, 0.3) is 0 Å². The Labute approximate surface area is 183 Å². The summed E-state index contributed by atoms with van der Waals surface area (Å²) in [7, 11) is 2.23. The highest BCUT2D eigenvalue weighted by molar-refractivity contribution is 14.0. The van der Waals surface area contributed by atoms with Crippen LogP contribution in [0.5, 0.6) is 0 Å². The van der Waals surface area contributed by atoms with Crippen molar-refractivity contribution >= 4 is 47.0 Å². The van der Waals surface area contributed by atoms with Crippen LogP contribution in [-0.2, 0) is 12.8 Å². The zero-order chi connectivity index (χ0) is 17.9. The van der Waals surface area contributed by atoms with Gasteiger partial charge in [0, 0.05) is 23.2 Å². The average Bonchev–Trinajstić information content (AvgIpc) is 3.31. The average molecular weight is 496 g/mol. The topological polar surface area (TPSA) is 53.6 Å². The molecule has 0 amide bonds. The molecule has 1 saturated heterocycles. The zero-order valence-corrected chi connectivity index (χ0v) is 19.0. The van der Waals surface area contributed by atoms with Crippen molar-refractivity contribution in [3.8, 4) is 0 Å². The molecule has 4 nitrogen and oxygen atoms in total. The van der Waals surface area contributed by atoms with Gasteiger partial charge in [-0.2, -0.15) is 0 Å². The summed E-state index contributed by atoms with van der Waals surface area (Å²) < 4.78 is 0. The minimum absolute atomic E-state index is 0. The smallest absolute Gasteiger partial charge is 0.193 e. The highest BCUT2D eigenvalue weighted by Crippen LogP contribution is 2.37. The van der Waals surface area contributed by atoms with E-state index in [1.165, 1.54) is 48.1 Å². The number of aliphatic imine (C=N–C) groups is 1. The van der Waals surface area contributed by atoms with Crippen LogP contribution in [0.2, 0.25) is 0 Å². The van der Waals surface area contributed by atoms with Crippen LogP contribution in [0.1, 0.15) is 41.3 Å². The van der Waals surface area contributed by atoms with Crippen molar-refractivity contribution in [2.24, 2.45) is 16.6 Å². The minimum atomic E-state index is 0. The second-order valence-electron chi connectivity index (χ2n) is 7.53. The molecule has 2 aromatic rings. The monoisotopic (exact) mass is 496 g/mol. The van der Waals surface area contributed by atoms with E-state index in [9.17, 15) is 0 Å². The number of aryl methyl sites for hydroxylation is 2. The van der Waals surface area contributed by atoms with E-state index in [2.05, 4.69) is 53.0 Å². The summed E-state index contributed by atoms with van der Waals surface area (Å²) in [6, 6.07) is 11.4. The van der Waals surface area contributed by atoms with Crippen LogP contribution in [0, 0.1) is 5.92 Å². The number of nitrogens with two attached hydrogens (primary N) is 1. The first-order chi connectivity index (χ1) is 12.7. The lowest BCUT2D eigenvalue weighted by atomic mass is 9.88. The van der Waals surface area contributed by atoms with Gasteiger partial charge in [0.15, 0.2) is 5.96 Å². The zero-order valence-electron chi connectivity index (χ0n) is 15.9. The van der Waals surface area contributed by atoms with E-state index in [1.54, 1.807) is 0 Å². The van der Waals surface area contributed by atoms with Gasteiger partial charge < -0.3 is 11.1 Å². The molecule has 2 aliphatic rings. The predicted octanol–water partition coefficient (Wildman–Crippen LogP) is 4.66. The maximum Gasteiger partial charge on any atom is 0.193 e. The molecule has 2 heterocycles. The predicted molar refractivity (Wildman–Crippen MR) is 126 cm³/mol. The third-order valence-corrected chi connectivity index (χ3v) is 6.65. The number of nitrogens with one attached hydrogen (secondary N) is 1. The molecule has 6 heteroatoms. The molecule has 1 fully saturated rings. The van der Waals surface area contributed by atoms with Gasteiger partial charge in [0.05, 0.1) is 0 Å². The van der Waals surface area contributed by atoms with Crippen LogP contribution in [-0.4, -0.2) is 31.0 Å². The highest BCUT2D eigenvalue weighted by atomic mass is 127. The minimum Gasteiger partial charge on any atom is -0.370 e. The molecule has 27 heavy (non-hydrogen) atoms. The normalized spacial score (nSPS) is 22.9. The van der Waals surface area contributed by atoms with E-state index in [0.29, 0.717) is 17.9 Å². The van der Waals surface area contributed by atoms with Crippen molar-refractivity contribution in [1.29, 1.82) is 0 Å². The Morgan fingerprint density at radius 2 is 2.11 bits per heavy atom. The molecular formula is C21H29IN4S. The van der Waals surface area contributed by atoms with Gasteiger partial charge in [-0.25, -0.2) is 0 Å². The van der Waals surface area contributed by atoms with Crippen LogP contribution < -0.4 is 11.1 Å². The number of hydrogen-bond donors (Lipinski definition) is 2. The number of thiophene rings is 1. The number of halogens is 1. The van der Waals surface area contributed by atoms with Gasteiger partial charge in [-0.1, -0.05) is 12.1 Å². The molecule has 0 saturated carbocycles. The molecule has 1 aromatic carbocycles. The lowest BCUT2D eigenvalue weighted by Crippen LogP contribution is -2.37. The maximum atomic E-state index is 6.19. The van der Waals surface area contributed by atoms with Crippen LogP contribution in [0.4, 0.5) is 5.69 Å². The van der Waals surface area contributed by atoms with E-state index >= 15 is 0 Å². The summed E-state index contributed by atoms with van der Waals surface area (Å²) in [4.78, 5) is 8.61. The summed E-state index contributed by atoms with van der Waals surface area (Å²) in [6.07, 6.45) is 6.10. The van der Waals surface area contributed by atoms with Crippen molar-refractivity contribution in [1.82, 2.24) is 4.90 Å². The van der Waals surface area contributed by atoms with Gasteiger partial charge >= 0.3 is 0 Å². The van der Waals surface area contributed by atoms with Crippen molar-refractivity contribution in [3.63, 3.8) is 0 Å². The summed E-state index contributed by atoms with van der Waals surface area (Å²) >= 11 is 1.85. The Morgan fingerprint density at radius 3 is 2.93 bits per heavy atom. The quantitative estimate of drug-likeness (QED) is 0.368. The summed E-state index contributed by atoms with van der Waals surface area (Å²) in [5, 5.41) is 5.46. The molecule has 0 bridgehead atoms. The van der Waals surface area contributed by atoms with Gasteiger partial charge in [0.1, 0.15) is 0 Å². The van der Waals surface area contributed by atoms with E-state index < -0.39 is 0 Å². The first-order valence-electron chi connectivity index (χ1n) is 9.63. The largest absolute Gasteiger partial charge is 0.370 e. The highest BCUT2D eigenvalue weighted by Gasteiger charge is 2.31. The molecule has 2 atom stereocenters. The maximum absolute atomic E-state index is 6.19. The van der Waals surface area contributed by atoms with Crippen LogP contribution in [0.3, 0.4) is 0 Å². The van der Waals surface area contributed by atoms with Crippen LogP contribution >= 0.6 is 35.3 Å². The molecular weight excluding hydrogens is 467 g/mol. The number of anilines is 1. The fraction of sp³-hybridized carbons (Fsp3) is 0.476. The summed E-state index contributed by atoms with van der Waals surface area (Å²) in [5.41, 5.74) is 10.2. The van der Waals surface area contributed by atoms with E-state index in [1.807, 2.05) is 11.3 Å². The Morgan fingerprint density at radius 1 is 1.26 bits per heavy atom. The molecule has 2 unspecified atom stereocenters. The lowest BCUT2D eigenvalue weighted by Gasteiger charge is -2.38. The Hall–Kier alpha value is -1.12.